The van der Waals surface area contributed by atoms with Gasteiger partial charge >= 0.3 is 0 Å². The number of hydrogen-bond donors (Lipinski definition) is 1. The Labute approximate surface area is 184 Å². The molecule has 0 saturated heterocycles. The lowest BCUT2D eigenvalue weighted by Gasteiger charge is -2.35. The predicted octanol–water partition coefficient (Wildman–Crippen LogP) is 6.25. The fourth-order valence-electron chi connectivity index (χ4n) is 5.00. The first-order chi connectivity index (χ1) is 14.9. The highest BCUT2D eigenvalue weighted by molar-refractivity contribution is 6.00. The molecule has 1 aliphatic carbocycles. The molecule has 0 fully saturated rings. The van der Waals surface area contributed by atoms with Gasteiger partial charge < -0.3 is 5.32 Å². The van der Waals surface area contributed by atoms with E-state index in [0.717, 1.165) is 45.9 Å². The van der Waals surface area contributed by atoms with Gasteiger partial charge in [-0.2, -0.15) is 5.10 Å². The SMILES string of the molecule is Cc1nn2c(c1-c1ccccc1)NC1=C(C(=O)C[C@@H](C)C1)[C@H]2c1ccc(C(C)C)cc1. The first-order valence-corrected chi connectivity index (χ1v) is 11.2. The van der Waals surface area contributed by atoms with E-state index in [1.54, 1.807) is 0 Å². The van der Waals surface area contributed by atoms with Gasteiger partial charge in [-0.15, -0.1) is 0 Å². The van der Waals surface area contributed by atoms with Gasteiger partial charge in [-0.3, -0.25) is 4.79 Å². The lowest BCUT2D eigenvalue weighted by atomic mass is 9.81. The van der Waals surface area contributed by atoms with Gasteiger partial charge in [-0.05, 0) is 41.9 Å². The number of carbonyl (C=O) groups excluding carboxylic acids is 1. The summed E-state index contributed by atoms with van der Waals surface area (Å²) in [4.78, 5) is 13.2. The molecular weight excluding hydrogens is 382 g/mol. The summed E-state index contributed by atoms with van der Waals surface area (Å²) in [6.45, 7) is 8.61. The van der Waals surface area contributed by atoms with E-state index in [-0.39, 0.29) is 11.8 Å². The topological polar surface area (TPSA) is 46.9 Å². The second-order valence-electron chi connectivity index (χ2n) is 9.30. The van der Waals surface area contributed by atoms with Crippen LogP contribution in [0.25, 0.3) is 11.1 Å². The molecule has 1 aliphatic heterocycles. The Bertz CT molecular complexity index is 1170. The van der Waals surface area contributed by atoms with Crippen LogP contribution in [0.5, 0.6) is 0 Å². The summed E-state index contributed by atoms with van der Waals surface area (Å²) < 4.78 is 2.04. The van der Waals surface area contributed by atoms with Gasteiger partial charge in [0.2, 0.25) is 0 Å². The minimum atomic E-state index is -0.191. The van der Waals surface area contributed by atoms with Crippen LogP contribution in [-0.4, -0.2) is 15.6 Å². The third-order valence-electron chi connectivity index (χ3n) is 6.57. The Balaban J connectivity index is 1.71. The van der Waals surface area contributed by atoms with E-state index in [1.807, 2.05) is 10.7 Å². The van der Waals surface area contributed by atoms with E-state index in [9.17, 15) is 4.79 Å². The maximum Gasteiger partial charge on any atom is 0.163 e. The van der Waals surface area contributed by atoms with Crippen molar-refractivity contribution in [1.29, 1.82) is 0 Å². The van der Waals surface area contributed by atoms with E-state index in [4.69, 9.17) is 5.10 Å². The number of aryl methyl sites for hydroxylation is 1. The Morgan fingerprint density at radius 1 is 1.03 bits per heavy atom. The number of aromatic nitrogens is 2. The van der Waals surface area contributed by atoms with Crippen molar-refractivity contribution in [2.75, 3.05) is 5.32 Å². The molecule has 4 nitrogen and oxygen atoms in total. The monoisotopic (exact) mass is 411 g/mol. The van der Waals surface area contributed by atoms with Crippen LogP contribution in [0.4, 0.5) is 5.82 Å². The summed E-state index contributed by atoms with van der Waals surface area (Å²) in [5.41, 5.74) is 7.58. The highest BCUT2D eigenvalue weighted by Crippen LogP contribution is 2.45. The minimum Gasteiger partial charge on any atom is -0.343 e. The van der Waals surface area contributed by atoms with Gasteiger partial charge in [-0.1, -0.05) is 75.4 Å². The summed E-state index contributed by atoms with van der Waals surface area (Å²) in [6.07, 6.45) is 1.49. The summed E-state index contributed by atoms with van der Waals surface area (Å²) >= 11 is 0. The molecule has 2 aliphatic rings. The second-order valence-corrected chi connectivity index (χ2v) is 9.30. The fourth-order valence-corrected chi connectivity index (χ4v) is 5.00. The van der Waals surface area contributed by atoms with E-state index in [0.29, 0.717) is 18.3 Å². The predicted molar refractivity (Wildman–Crippen MR) is 125 cm³/mol. The molecule has 2 atom stereocenters. The van der Waals surface area contributed by atoms with Crippen molar-refractivity contribution in [1.82, 2.24) is 9.78 Å². The molecule has 5 rings (SSSR count). The van der Waals surface area contributed by atoms with Crippen LogP contribution in [0.1, 0.15) is 62.4 Å². The molecule has 0 saturated carbocycles. The number of ketones is 1. The summed E-state index contributed by atoms with van der Waals surface area (Å²) in [6, 6.07) is 18.9. The smallest absolute Gasteiger partial charge is 0.163 e. The highest BCUT2D eigenvalue weighted by atomic mass is 16.1. The van der Waals surface area contributed by atoms with Gasteiger partial charge in [0.25, 0.3) is 0 Å². The van der Waals surface area contributed by atoms with Crippen molar-refractivity contribution in [3.63, 3.8) is 0 Å². The molecule has 0 amide bonds. The first-order valence-electron chi connectivity index (χ1n) is 11.2. The molecule has 1 N–H and O–H groups in total. The molecule has 2 heterocycles. The molecule has 31 heavy (non-hydrogen) atoms. The molecule has 0 unspecified atom stereocenters. The number of rotatable bonds is 3. The van der Waals surface area contributed by atoms with Gasteiger partial charge in [-0.25, -0.2) is 4.68 Å². The molecule has 0 bridgehead atoms. The van der Waals surface area contributed by atoms with Crippen LogP contribution in [0.3, 0.4) is 0 Å². The molecule has 4 heteroatoms. The van der Waals surface area contributed by atoms with Crippen LogP contribution in [0, 0.1) is 12.8 Å². The number of carbonyl (C=O) groups is 1. The molecule has 3 aromatic rings. The van der Waals surface area contributed by atoms with Gasteiger partial charge in [0, 0.05) is 23.3 Å². The summed E-state index contributed by atoms with van der Waals surface area (Å²) in [7, 11) is 0. The molecule has 0 radical (unpaired) electrons. The first kappa shape index (κ1) is 19.8. The lowest BCUT2D eigenvalue weighted by molar-refractivity contribution is -0.117. The van der Waals surface area contributed by atoms with E-state index >= 15 is 0 Å². The minimum absolute atomic E-state index is 0.191. The molecule has 1 aromatic heterocycles. The number of fused-ring (bicyclic) bond motifs is 1. The summed E-state index contributed by atoms with van der Waals surface area (Å²) in [5, 5.41) is 8.59. The number of hydrogen-bond acceptors (Lipinski definition) is 3. The van der Waals surface area contributed by atoms with E-state index in [1.165, 1.54) is 5.56 Å². The van der Waals surface area contributed by atoms with Gasteiger partial charge in [0.1, 0.15) is 11.9 Å². The Morgan fingerprint density at radius 2 is 1.74 bits per heavy atom. The van der Waals surface area contributed by atoms with Crippen molar-refractivity contribution in [3.8, 4) is 11.1 Å². The number of nitrogens with one attached hydrogen (secondary N) is 1. The normalized spacial score (nSPS) is 20.5. The van der Waals surface area contributed by atoms with Gasteiger partial charge in [0.05, 0.1) is 5.69 Å². The van der Waals surface area contributed by atoms with Crippen molar-refractivity contribution in [3.05, 3.63) is 82.7 Å². The second kappa shape index (κ2) is 7.52. The standard InChI is InChI=1S/C27H29N3O/c1-16(2)19-10-12-21(13-11-19)26-25-22(14-17(3)15-23(25)31)28-27-24(18(4)29-30(26)27)20-8-6-5-7-9-20/h5-13,16-17,26,28H,14-15H2,1-4H3/t17-,26+/m0/s1. The van der Waals surface area contributed by atoms with Crippen LogP contribution in [-0.2, 0) is 4.79 Å². The number of allylic oxidation sites excluding steroid dienone is 2. The van der Waals surface area contributed by atoms with Crippen LogP contribution < -0.4 is 5.32 Å². The quantitative estimate of drug-likeness (QED) is 0.554. The Hall–Kier alpha value is -3.14. The van der Waals surface area contributed by atoms with Crippen LogP contribution in [0.15, 0.2) is 65.9 Å². The van der Waals surface area contributed by atoms with Crippen molar-refractivity contribution >= 4 is 11.6 Å². The third-order valence-corrected chi connectivity index (χ3v) is 6.57. The Morgan fingerprint density at radius 3 is 2.42 bits per heavy atom. The van der Waals surface area contributed by atoms with Crippen molar-refractivity contribution in [2.45, 2.75) is 52.5 Å². The zero-order valence-corrected chi connectivity index (χ0v) is 18.6. The van der Waals surface area contributed by atoms with E-state index in [2.05, 4.69) is 81.5 Å². The summed E-state index contributed by atoms with van der Waals surface area (Å²) in [5.74, 6) is 2.04. The Kier molecular flexibility index (Phi) is 4.81. The zero-order chi connectivity index (χ0) is 21.7. The zero-order valence-electron chi connectivity index (χ0n) is 18.6. The fraction of sp³-hybridized carbons (Fsp3) is 0.333. The van der Waals surface area contributed by atoms with Crippen LogP contribution in [0.2, 0.25) is 0 Å². The lowest BCUT2D eigenvalue weighted by Crippen LogP contribution is -2.33. The molecule has 2 aromatic carbocycles. The number of anilines is 1. The average molecular weight is 412 g/mol. The number of Topliss-reactive ketones (excluding diaryl/α,β-unsaturated/α-hetero) is 1. The third kappa shape index (κ3) is 3.31. The van der Waals surface area contributed by atoms with Gasteiger partial charge in [0.15, 0.2) is 5.78 Å². The largest absolute Gasteiger partial charge is 0.343 e. The van der Waals surface area contributed by atoms with Crippen LogP contribution >= 0.6 is 0 Å². The molecule has 158 valence electrons. The van der Waals surface area contributed by atoms with E-state index < -0.39 is 0 Å². The number of nitrogens with zero attached hydrogens (tertiary/aromatic N) is 2. The maximum absolute atomic E-state index is 13.2. The maximum atomic E-state index is 13.2. The van der Waals surface area contributed by atoms with Crippen molar-refractivity contribution < 1.29 is 4.79 Å². The highest BCUT2D eigenvalue weighted by Gasteiger charge is 2.39. The van der Waals surface area contributed by atoms with Crippen molar-refractivity contribution in [2.24, 2.45) is 5.92 Å². The average Bonchev–Trinajstić information content (AvgIpc) is 3.08. The number of benzene rings is 2. The molecular formula is C27H29N3O. The molecule has 0 spiro atoms.